The molecule has 0 radical (unpaired) electrons. The molecule has 3 amide bonds. The van der Waals surface area contributed by atoms with Gasteiger partial charge in [-0.2, -0.15) is 0 Å². The Morgan fingerprint density at radius 1 is 1.00 bits per heavy atom. The third-order valence-electron chi connectivity index (χ3n) is 6.72. The third-order valence-corrected chi connectivity index (χ3v) is 6.72. The number of para-hydroxylation sites is 1. The highest BCUT2D eigenvalue weighted by Crippen LogP contribution is 2.52. The second-order valence-corrected chi connectivity index (χ2v) is 11.5. The maximum atomic E-state index is 15.0. The molecule has 5 rings (SSSR count). The van der Waals surface area contributed by atoms with E-state index in [4.69, 9.17) is 9.72 Å². The lowest BCUT2D eigenvalue weighted by molar-refractivity contribution is -0.128. The standard InChI is InChI=1S/C29H32FN5O3/c1-28(2,3)35-27(37)34-26(36)29(4,5)23-18-7-6-8-20(30)24(18)38-25-19(23)12-13-21(33-25)16-9-14-22(31-15-16)32-17-10-11-17/h6-9,12-15,17,23H,10-11H2,1-5H3,(H,31,32)(H2,34,35,36,37)/t23-/m0/s1. The Morgan fingerprint density at radius 2 is 1.76 bits per heavy atom. The molecule has 38 heavy (non-hydrogen) atoms. The zero-order valence-corrected chi connectivity index (χ0v) is 22.2. The molecule has 1 aliphatic carbocycles. The minimum absolute atomic E-state index is 0.0248. The predicted molar refractivity (Wildman–Crippen MR) is 143 cm³/mol. The van der Waals surface area contributed by atoms with E-state index in [-0.39, 0.29) is 11.6 Å². The number of nitrogens with zero attached hydrogens (tertiary/aromatic N) is 2. The fourth-order valence-electron chi connectivity index (χ4n) is 4.65. The Morgan fingerprint density at radius 3 is 2.42 bits per heavy atom. The minimum atomic E-state index is -1.16. The molecule has 1 atom stereocenters. The molecule has 9 heteroatoms. The summed E-state index contributed by atoms with van der Waals surface area (Å²) in [7, 11) is 0. The third kappa shape index (κ3) is 5.18. The van der Waals surface area contributed by atoms with Crippen molar-refractivity contribution in [2.45, 2.75) is 65.0 Å². The summed E-state index contributed by atoms with van der Waals surface area (Å²) in [5.41, 5.74) is 0.862. The van der Waals surface area contributed by atoms with E-state index in [2.05, 4.69) is 20.9 Å². The summed E-state index contributed by atoms with van der Waals surface area (Å²) in [6.07, 6.45) is 4.05. The number of halogens is 1. The van der Waals surface area contributed by atoms with Crippen molar-refractivity contribution in [2.24, 2.45) is 5.41 Å². The summed E-state index contributed by atoms with van der Waals surface area (Å²) in [6.45, 7) is 8.93. The smallest absolute Gasteiger partial charge is 0.321 e. The van der Waals surface area contributed by atoms with Gasteiger partial charge in [-0.3, -0.25) is 10.1 Å². The molecule has 3 N–H and O–H groups in total. The lowest BCUT2D eigenvalue weighted by atomic mass is 9.69. The summed E-state index contributed by atoms with van der Waals surface area (Å²) in [5, 5.41) is 8.55. The van der Waals surface area contributed by atoms with Gasteiger partial charge in [0.15, 0.2) is 11.6 Å². The van der Waals surface area contributed by atoms with Gasteiger partial charge in [0, 0.05) is 40.4 Å². The van der Waals surface area contributed by atoms with Crippen molar-refractivity contribution >= 4 is 17.8 Å². The number of hydrogen-bond acceptors (Lipinski definition) is 6. The van der Waals surface area contributed by atoms with Crippen molar-refractivity contribution in [3.05, 3.63) is 65.6 Å². The Bertz CT molecular complexity index is 1390. The maximum Gasteiger partial charge on any atom is 0.321 e. The summed E-state index contributed by atoms with van der Waals surface area (Å²) in [5.74, 6) is -0.625. The van der Waals surface area contributed by atoms with Crippen LogP contribution in [0.2, 0.25) is 0 Å². The number of rotatable bonds is 5. The Hall–Kier alpha value is -4.01. The largest absolute Gasteiger partial charge is 0.435 e. The number of fused-ring (bicyclic) bond motifs is 2. The van der Waals surface area contributed by atoms with Gasteiger partial charge in [-0.1, -0.05) is 32.0 Å². The number of aromatic nitrogens is 2. The normalized spacial score (nSPS) is 16.5. The Labute approximate surface area is 221 Å². The van der Waals surface area contributed by atoms with Gasteiger partial charge in [-0.15, -0.1) is 0 Å². The summed E-state index contributed by atoms with van der Waals surface area (Å²) < 4.78 is 20.9. The van der Waals surface area contributed by atoms with Crippen LogP contribution in [-0.4, -0.2) is 33.5 Å². The van der Waals surface area contributed by atoms with E-state index in [1.54, 1.807) is 32.2 Å². The number of pyridine rings is 2. The van der Waals surface area contributed by atoms with Crippen molar-refractivity contribution in [2.75, 3.05) is 5.32 Å². The molecule has 0 spiro atoms. The molecule has 2 aliphatic rings. The van der Waals surface area contributed by atoms with Crippen molar-refractivity contribution in [3.8, 4) is 22.9 Å². The molecule has 0 bridgehead atoms. The van der Waals surface area contributed by atoms with Crippen LogP contribution in [-0.2, 0) is 4.79 Å². The molecule has 0 saturated heterocycles. The first-order chi connectivity index (χ1) is 17.9. The lowest BCUT2D eigenvalue weighted by Crippen LogP contribution is -2.52. The average Bonchev–Trinajstić information content (AvgIpc) is 3.66. The average molecular weight is 518 g/mol. The van der Waals surface area contributed by atoms with Crippen LogP contribution >= 0.6 is 0 Å². The highest BCUT2D eigenvalue weighted by Gasteiger charge is 2.45. The van der Waals surface area contributed by atoms with Crippen LogP contribution in [0.1, 0.15) is 64.5 Å². The number of amides is 3. The predicted octanol–water partition coefficient (Wildman–Crippen LogP) is 5.75. The van der Waals surface area contributed by atoms with E-state index < -0.39 is 34.6 Å². The topological polar surface area (TPSA) is 105 Å². The van der Waals surface area contributed by atoms with Gasteiger partial charge in [0.05, 0.1) is 11.1 Å². The molecule has 1 fully saturated rings. The van der Waals surface area contributed by atoms with E-state index in [1.165, 1.54) is 6.07 Å². The van der Waals surface area contributed by atoms with Gasteiger partial charge < -0.3 is 15.4 Å². The summed E-state index contributed by atoms with van der Waals surface area (Å²) in [6, 6.07) is 12.0. The van der Waals surface area contributed by atoms with Gasteiger partial charge in [0.25, 0.3) is 0 Å². The number of carbonyl (C=O) groups excluding carboxylic acids is 2. The van der Waals surface area contributed by atoms with Gasteiger partial charge >= 0.3 is 6.03 Å². The van der Waals surface area contributed by atoms with Gasteiger partial charge in [0.2, 0.25) is 11.8 Å². The first kappa shape index (κ1) is 25.6. The molecule has 2 aromatic heterocycles. The fourth-order valence-corrected chi connectivity index (χ4v) is 4.65. The Balaban J connectivity index is 1.49. The zero-order chi connectivity index (χ0) is 27.2. The fraction of sp³-hybridized carbons (Fsp3) is 0.379. The molecule has 3 aromatic rings. The summed E-state index contributed by atoms with van der Waals surface area (Å²) >= 11 is 0. The number of nitrogens with one attached hydrogen (secondary N) is 3. The second-order valence-electron chi connectivity index (χ2n) is 11.5. The van der Waals surface area contributed by atoms with Gasteiger partial charge in [-0.25, -0.2) is 19.2 Å². The van der Waals surface area contributed by atoms with Crippen LogP contribution in [0.15, 0.2) is 48.7 Å². The van der Waals surface area contributed by atoms with Crippen LogP contribution in [0.4, 0.5) is 15.0 Å². The number of benzene rings is 1. The number of anilines is 1. The van der Waals surface area contributed by atoms with Crippen LogP contribution in [0.5, 0.6) is 11.6 Å². The van der Waals surface area contributed by atoms with Crippen LogP contribution in [0.25, 0.3) is 11.3 Å². The molecule has 198 valence electrons. The number of imide groups is 1. The summed E-state index contributed by atoms with van der Waals surface area (Å²) in [4.78, 5) is 35.1. The zero-order valence-electron chi connectivity index (χ0n) is 22.2. The number of ether oxygens (including phenoxy) is 1. The first-order valence-corrected chi connectivity index (χ1v) is 12.8. The number of carbonyl (C=O) groups is 2. The molecule has 1 aromatic carbocycles. The van der Waals surface area contributed by atoms with Gasteiger partial charge in [-0.05, 0) is 57.9 Å². The molecular formula is C29H32FN5O3. The van der Waals surface area contributed by atoms with Crippen LogP contribution in [0, 0.1) is 11.2 Å². The molecule has 1 saturated carbocycles. The first-order valence-electron chi connectivity index (χ1n) is 12.8. The highest BCUT2D eigenvalue weighted by atomic mass is 19.1. The number of hydrogen-bond donors (Lipinski definition) is 3. The van der Waals surface area contributed by atoms with Crippen molar-refractivity contribution < 1.29 is 18.7 Å². The second kappa shape index (κ2) is 9.38. The van der Waals surface area contributed by atoms with Crippen LogP contribution < -0.4 is 20.7 Å². The Kier molecular flexibility index (Phi) is 6.33. The van der Waals surface area contributed by atoms with Gasteiger partial charge in [0.1, 0.15) is 5.82 Å². The quantitative estimate of drug-likeness (QED) is 0.398. The molecule has 8 nitrogen and oxygen atoms in total. The molecule has 1 aliphatic heterocycles. The van der Waals surface area contributed by atoms with E-state index in [0.717, 1.165) is 24.2 Å². The SMILES string of the molecule is CC(C)(C)NC(=O)NC(=O)C(C)(C)[C@@H]1c2ccc(-c3ccc(NC4CC4)nc3)nc2Oc2c(F)cccc21. The van der Waals surface area contributed by atoms with E-state index in [1.807, 2.05) is 45.0 Å². The van der Waals surface area contributed by atoms with Crippen molar-refractivity contribution in [3.63, 3.8) is 0 Å². The lowest BCUT2D eigenvalue weighted by Gasteiger charge is -2.37. The highest BCUT2D eigenvalue weighted by molar-refractivity contribution is 5.98. The molecule has 3 heterocycles. The van der Waals surface area contributed by atoms with Crippen molar-refractivity contribution in [1.82, 2.24) is 20.6 Å². The van der Waals surface area contributed by atoms with E-state index >= 15 is 0 Å². The monoisotopic (exact) mass is 517 g/mol. The number of urea groups is 1. The van der Waals surface area contributed by atoms with E-state index in [9.17, 15) is 14.0 Å². The molecular weight excluding hydrogens is 485 g/mol. The van der Waals surface area contributed by atoms with Crippen molar-refractivity contribution in [1.29, 1.82) is 0 Å². The van der Waals surface area contributed by atoms with Crippen LogP contribution in [0.3, 0.4) is 0 Å². The molecule has 0 unspecified atom stereocenters. The maximum absolute atomic E-state index is 15.0. The minimum Gasteiger partial charge on any atom is -0.435 e. The van der Waals surface area contributed by atoms with E-state index in [0.29, 0.717) is 22.9 Å².